The van der Waals surface area contributed by atoms with E-state index >= 15 is 0 Å². The van der Waals surface area contributed by atoms with Crippen molar-refractivity contribution in [3.05, 3.63) is 12.2 Å². The van der Waals surface area contributed by atoms with Gasteiger partial charge in [0.15, 0.2) is 0 Å². The predicted octanol–water partition coefficient (Wildman–Crippen LogP) is 0.877. The number of hydrogen-bond donors (Lipinski definition) is 1. The number of esters is 1. The summed E-state index contributed by atoms with van der Waals surface area (Å²) < 4.78 is 5.01. The Kier molecular flexibility index (Phi) is 3.29. The van der Waals surface area contributed by atoms with E-state index in [9.17, 15) is 4.79 Å². The van der Waals surface area contributed by atoms with Crippen LogP contribution in [0.15, 0.2) is 12.2 Å². The summed E-state index contributed by atoms with van der Waals surface area (Å²) in [5.41, 5.74) is 0. The maximum atomic E-state index is 10.6. The van der Waals surface area contributed by atoms with Crippen molar-refractivity contribution in [1.29, 1.82) is 0 Å². The third-order valence-electron chi connectivity index (χ3n) is 2.03. The minimum atomic E-state index is -0.287. The van der Waals surface area contributed by atoms with Gasteiger partial charge in [-0.2, -0.15) is 0 Å². The minimum Gasteiger partial charge on any atom is -0.458 e. The van der Waals surface area contributed by atoms with Gasteiger partial charge < -0.3 is 9.84 Å². The molecule has 3 nitrogen and oxygen atoms in total. The zero-order chi connectivity index (χ0) is 8.97. The van der Waals surface area contributed by atoms with E-state index in [1.807, 2.05) is 12.2 Å². The van der Waals surface area contributed by atoms with E-state index in [-0.39, 0.29) is 24.6 Å². The highest BCUT2D eigenvalue weighted by Gasteiger charge is 2.22. The molecule has 0 aliphatic heterocycles. The van der Waals surface area contributed by atoms with E-state index < -0.39 is 0 Å². The summed E-state index contributed by atoms with van der Waals surface area (Å²) >= 11 is 0. The zero-order valence-electron chi connectivity index (χ0n) is 7.19. The maximum absolute atomic E-state index is 10.6. The van der Waals surface area contributed by atoms with E-state index in [0.29, 0.717) is 0 Å². The first-order valence-electron chi connectivity index (χ1n) is 4.18. The minimum absolute atomic E-state index is 0.0823. The van der Waals surface area contributed by atoms with Crippen molar-refractivity contribution in [2.45, 2.75) is 25.9 Å². The van der Waals surface area contributed by atoms with Crippen LogP contribution < -0.4 is 0 Å². The van der Waals surface area contributed by atoms with Crippen LogP contribution in [0.25, 0.3) is 0 Å². The predicted molar refractivity (Wildman–Crippen MR) is 44.5 cm³/mol. The highest BCUT2D eigenvalue weighted by Crippen LogP contribution is 2.20. The highest BCUT2D eigenvalue weighted by molar-refractivity contribution is 5.66. The van der Waals surface area contributed by atoms with Gasteiger partial charge in [-0.15, -0.1) is 0 Å². The monoisotopic (exact) mass is 170 g/mol. The van der Waals surface area contributed by atoms with Crippen LogP contribution in [-0.2, 0) is 9.53 Å². The molecule has 3 heteroatoms. The second kappa shape index (κ2) is 4.26. The number of ether oxygens (including phenoxy) is 1. The molecule has 1 aliphatic rings. The highest BCUT2D eigenvalue weighted by atomic mass is 16.5. The summed E-state index contributed by atoms with van der Waals surface area (Å²) in [6.07, 6.45) is 5.47. The Labute approximate surface area is 72.0 Å². The number of aliphatic hydroxyl groups excluding tert-OH is 1. The largest absolute Gasteiger partial charge is 0.458 e. The zero-order valence-corrected chi connectivity index (χ0v) is 7.19. The molecular weight excluding hydrogens is 156 g/mol. The quantitative estimate of drug-likeness (QED) is 0.494. The summed E-state index contributed by atoms with van der Waals surface area (Å²) in [6, 6.07) is 0. The summed E-state index contributed by atoms with van der Waals surface area (Å²) in [5.74, 6) is -0.205. The van der Waals surface area contributed by atoms with Crippen LogP contribution in [0.5, 0.6) is 0 Å². The van der Waals surface area contributed by atoms with E-state index in [0.717, 1.165) is 12.8 Å². The fraction of sp³-hybridized carbons (Fsp3) is 0.667. The molecule has 0 saturated carbocycles. The molecule has 0 aromatic carbocycles. The molecule has 12 heavy (non-hydrogen) atoms. The molecule has 0 fully saturated rings. The number of rotatable bonds is 2. The van der Waals surface area contributed by atoms with Crippen LogP contribution in [-0.4, -0.2) is 23.8 Å². The van der Waals surface area contributed by atoms with Crippen LogP contribution >= 0.6 is 0 Å². The first-order chi connectivity index (χ1) is 5.74. The van der Waals surface area contributed by atoms with Gasteiger partial charge in [-0.05, 0) is 18.9 Å². The average molecular weight is 170 g/mol. The molecule has 1 rings (SSSR count). The van der Waals surface area contributed by atoms with Gasteiger partial charge in [-0.3, -0.25) is 4.79 Å². The van der Waals surface area contributed by atoms with Gasteiger partial charge in [0.05, 0.1) is 0 Å². The van der Waals surface area contributed by atoms with E-state index in [4.69, 9.17) is 9.84 Å². The third-order valence-corrected chi connectivity index (χ3v) is 2.03. The lowest BCUT2D eigenvalue weighted by atomic mass is 9.92. The van der Waals surface area contributed by atoms with Crippen LogP contribution in [0.2, 0.25) is 0 Å². The number of carbonyl (C=O) groups excluding carboxylic acids is 1. The average Bonchev–Trinajstić information content (AvgIpc) is 2.04. The summed E-state index contributed by atoms with van der Waals surface area (Å²) in [5, 5.41) is 8.95. The molecule has 0 saturated heterocycles. The summed E-state index contributed by atoms with van der Waals surface area (Å²) in [4.78, 5) is 10.6. The van der Waals surface area contributed by atoms with Gasteiger partial charge in [0.2, 0.25) is 0 Å². The molecule has 1 N–H and O–H groups in total. The fourth-order valence-electron chi connectivity index (χ4n) is 1.38. The van der Waals surface area contributed by atoms with Crippen molar-refractivity contribution >= 4 is 5.97 Å². The fourth-order valence-corrected chi connectivity index (χ4v) is 1.38. The number of aliphatic hydroxyl groups is 1. The van der Waals surface area contributed by atoms with Gasteiger partial charge in [0, 0.05) is 19.4 Å². The maximum Gasteiger partial charge on any atom is 0.303 e. The van der Waals surface area contributed by atoms with Crippen molar-refractivity contribution in [3.63, 3.8) is 0 Å². The Morgan fingerprint density at radius 1 is 1.75 bits per heavy atom. The topological polar surface area (TPSA) is 46.5 Å². The molecule has 0 amide bonds. The van der Waals surface area contributed by atoms with Crippen LogP contribution in [0.3, 0.4) is 0 Å². The van der Waals surface area contributed by atoms with Crippen molar-refractivity contribution in [3.8, 4) is 0 Å². The Balaban J connectivity index is 2.52. The lowest BCUT2D eigenvalue weighted by Crippen LogP contribution is -2.28. The summed E-state index contributed by atoms with van der Waals surface area (Å²) in [6.45, 7) is 1.47. The number of carbonyl (C=O) groups is 1. The Morgan fingerprint density at radius 3 is 3.08 bits per heavy atom. The van der Waals surface area contributed by atoms with Crippen LogP contribution in [0.1, 0.15) is 19.8 Å². The van der Waals surface area contributed by atoms with Crippen molar-refractivity contribution in [2.24, 2.45) is 5.92 Å². The molecule has 0 aromatic rings. The number of hydrogen-bond acceptors (Lipinski definition) is 3. The third kappa shape index (κ3) is 2.34. The molecule has 0 radical (unpaired) electrons. The first kappa shape index (κ1) is 9.26. The van der Waals surface area contributed by atoms with Gasteiger partial charge in [0.1, 0.15) is 6.10 Å². The molecule has 0 bridgehead atoms. The second-order valence-corrected chi connectivity index (χ2v) is 3.02. The second-order valence-electron chi connectivity index (χ2n) is 3.02. The van der Waals surface area contributed by atoms with Gasteiger partial charge in [-0.25, -0.2) is 0 Å². The van der Waals surface area contributed by atoms with Gasteiger partial charge in [-0.1, -0.05) is 6.08 Å². The van der Waals surface area contributed by atoms with Gasteiger partial charge >= 0.3 is 5.97 Å². The van der Waals surface area contributed by atoms with Gasteiger partial charge in [0.25, 0.3) is 0 Å². The smallest absolute Gasteiger partial charge is 0.303 e. The molecular formula is C9H14O3. The molecule has 0 aromatic heterocycles. The normalized spacial score (nSPS) is 28.5. The standard InChI is InChI=1S/C9H14O3/c1-7(11)12-9-5-3-2-4-8(9)6-10/h3,5,8-10H,2,4,6H2,1H3/t8-,9-/m0/s1. The van der Waals surface area contributed by atoms with E-state index in [1.165, 1.54) is 6.92 Å². The Bertz CT molecular complexity index is 186. The van der Waals surface area contributed by atoms with Crippen LogP contribution in [0, 0.1) is 5.92 Å². The SMILES string of the molecule is CC(=O)O[C@H]1C=CCC[C@H]1CO. The Hall–Kier alpha value is -0.830. The van der Waals surface area contributed by atoms with Crippen molar-refractivity contribution < 1.29 is 14.6 Å². The molecule has 0 heterocycles. The molecule has 0 unspecified atom stereocenters. The van der Waals surface area contributed by atoms with E-state index in [1.54, 1.807) is 0 Å². The molecule has 2 atom stereocenters. The van der Waals surface area contributed by atoms with Crippen molar-refractivity contribution in [2.75, 3.05) is 6.61 Å². The number of allylic oxidation sites excluding steroid dienone is 1. The molecule has 1 aliphatic carbocycles. The lowest BCUT2D eigenvalue weighted by Gasteiger charge is -2.25. The van der Waals surface area contributed by atoms with Crippen molar-refractivity contribution in [1.82, 2.24) is 0 Å². The van der Waals surface area contributed by atoms with E-state index in [2.05, 4.69) is 0 Å². The first-order valence-corrected chi connectivity index (χ1v) is 4.18. The summed E-state index contributed by atoms with van der Waals surface area (Å²) in [7, 11) is 0. The van der Waals surface area contributed by atoms with Crippen LogP contribution in [0.4, 0.5) is 0 Å². The Morgan fingerprint density at radius 2 is 2.50 bits per heavy atom. The lowest BCUT2D eigenvalue weighted by molar-refractivity contribution is -0.147. The molecule has 68 valence electrons. The molecule has 0 spiro atoms.